The number of anilines is 1. The van der Waals surface area contributed by atoms with Crippen LogP contribution < -0.4 is 10.7 Å². The molecule has 0 saturated carbocycles. The average molecular weight is 404 g/mol. The Morgan fingerprint density at radius 2 is 1.77 bits per heavy atom. The molecule has 0 bridgehead atoms. The Kier molecular flexibility index (Phi) is 6.23. The molecule has 0 radical (unpaired) electrons. The van der Waals surface area contributed by atoms with Crippen LogP contribution in [0.25, 0.3) is 0 Å². The van der Waals surface area contributed by atoms with Gasteiger partial charge in [0, 0.05) is 16.3 Å². The van der Waals surface area contributed by atoms with Crippen molar-refractivity contribution in [1.82, 2.24) is 5.43 Å². The lowest BCUT2D eigenvalue weighted by Crippen LogP contribution is -2.32. The minimum Gasteiger partial charge on any atom is -0.318 e. The highest BCUT2D eigenvalue weighted by molar-refractivity contribution is 6.39. The molecule has 0 aliphatic carbocycles. The van der Waals surface area contributed by atoms with Crippen LogP contribution in [0, 0.1) is 0 Å². The Morgan fingerprint density at radius 1 is 1.04 bits per heavy atom. The molecule has 136 valence electrons. The van der Waals surface area contributed by atoms with Crippen LogP contribution in [0.4, 0.5) is 18.9 Å². The van der Waals surface area contributed by atoms with E-state index in [4.69, 9.17) is 23.2 Å². The number of nitrogens with one attached hydrogen (secondary N) is 2. The number of amides is 2. The zero-order valence-corrected chi connectivity index (χ0v) is 14.3. The average Bonchev–Trinajstić information content (AvgIpc) is 2.56. The number of hydrogen-bond donors (Lipinski definition) is 2. The molecule has 2 aromatic rings. The molecule has 2 N–H and O–H groups in total. The van der Waals surface area contributed by atoms with Gasteiger partial charge in [0.15, 0.2) is 0 Å². The van der Waals surface area contributed by atoms with E-state index in [2.05, 4.69) is 10.4 Å². The highest BCUT2D eigenvalue weighted by Gasteiger charge is 2.30. The molecular formula is C16H10Cl2F3N3O2. The molecule has 0 spiro atoms. The molecule has 0 saturated heterocycles. The van der Waals surface area contributed by atoms with E-state index in [1.165, 1.54) is 18.3 Å². The summed E-state index contributed by atoms with van der Waals surface area (Å²) in [7, 11) is 0. The summed E-state index contributed by atoms with van der Waals surface area (Å²) in [4.78, 5) is 23.4. The van der Waals surface area contributed by atoms with Crippen LogP contribution in [0.15, 0.2) is 47.6 Å². The number of alkyl halides is 3. The monoisotopic (exact) mass is 403 g/mol. The summed E-state index contributed by atoms with van der Waals surface area (Å²) in [6.07, 6.45) is -3.38. The molecule has 0 heterocycles. The zero-order chi connectivity index (χ0) is 19.3. The fraction of sp³-hybridized carbons (Fsp3) is 0.0625. The number of halogens is 5. The normalized spacial score (nSPS) is 11.4. The van der Waals surface area contributed by atoms with Crippen molar-refractivity contribution in [2.45, 2.75) is 6.18 Å². The first-order valence-electron chi connectivity index (χ1n) is 6.93. The van der Waals surface area contributed by atoms with Gasteiger partial charge in [-0.2, -0.15) is 18.3 Å². The van der Waals surface area contributed by atoms with E-state index < -0.39 is 23.6 Å². The van der Waals surface area contributed by atoms with Crippen molar-refractivity contribution in [3.05, 3.63) is 63.6 Å². The van der Waals surface area contributed by atoms with Gasteiger partial charge in [0.25, 0.3) is 0 Å². The van der Waals surface area contributed by atoms with Gasteiger partial charge in [-0.05, 0) is 30.3 Å². The highest BCUT2D eigenvalue weighted by atomic mass is 35.5. The SMILES string of the molecule is O=C(N/N=C\c1ccc(Cl)cc1Cl)C(=O)Nc1cccc(C(F)(F)F)c1. The van der Waals surface area contributed by atoms with Gasteiger partial charge < -0.3 is 5.32 Å². The Balaban J connectivity index is 1.98. The molecule has 26 heavy (non-hydrogen) atoms. The summed E-state index contributed by atoms with van der Waals surface area (Å²) in [6, 6.07) is 8.44. The predicted octanol–water partition coefficient (Wildman–Crippen LogP) is 4.10. The van der Waals surface area contributed by atoms with Gasteiger partial charge in [-0.15, -0.1) is 0 Å². The van der Waals surface area contributed by atoms with Gasteiger partial charge in [0.05, 0.1) is 16.8 Å². The highest BCUT2D eigenvalue weighted by Crippen LogP contribution is 2.30. The summed E-state index contributed by atoms with van der Waals surface area (Å²) >= 11 is 11.6. The first kappa shape index (κ1) is 19.7. The molecular weight excluding hydrogens is 394 g/mol. The molecule has 5 nitrogen and oxygen atoms in total. The van der Waals surface area contributed by atoms with Gasteiger partial charge in [0.2, 0.25) is 0 Å². The van der Waals surface area contributed by atoms with Crippen molar-refractivity contribution in [2.75, 3.05) is 5.32 Å². The summed E-state index contributed by atoms with van der Waals surface area (Å²) in [5.74, 6) is -2.34. The molecule has 0 fully saturated rings. The third-order valence-electron chi connectivity index (χ3n) is 2.99. The van der Waals surface area contributed by atoms with Crippen molar-refractivity contribution in [2.24, 2.45) is 5.10 Å². The minimum atomic E-state index is -4.56. The fourth-order valence-electron chi connectivity index (χ4n) is 1.78. The standard InChI is InChI=1S/C16H10Cl2F3N3O2/c17-11-5-4-9(13(18)7-11)8-22-24-15(26)14(25)23-12-3-1-2-10(6-12)16(19,20)21/h1-8H,(H,23,25)(H,24,26)/b22-8-. The second kappa shape index (κ2) is 8.20. The van der Waals surface area contributed by atoms with Gasteiger partial charge in [-0.1, -0.05) is 35.3 Å². The maximum Gasteiger partial charge on any atom is 0.416 e. The van der Waals surface area contributed by atoms with E-state index in [9.17, 15) is 22.8 Å². The molecule has 0 aliphatic heterocycles. The molecule has 2 amide bonds. The van der Waals surface area contributed by atoms with E-state index in [-0.39, 0.29) is 10.7 Å². The Morgan fingerprint density at radius 3 is 2.42 bits per heavy atom. The summed E-state index contributed by atoms with van der Waals surface area (Å²) in [5, 5.41) is 6.31. The van der Waals surface area contributed by atoms with Gasteiger partial charge >= 0.3 is 18.0 Å². The first-order chi connectivity index (χ1) is 12.2. The number of hydrazone groups is 1. The molecule has 0 aliphatic rings. The van der Waals surface area contributed by atoms with E-state index in [1.807, 2.05) is 5.43 Å². The van der Waals surface area contributed by atoms with E-state index in [0.29, 0.717) is 16.7 Å². The predicted molar refractivity (Wildman–Crippen MR) is 92.3 cm³/mol. The van der Waals surface area contributed by atoms with E-state index >= 15 is 0 Å². The van der Waals surface area contributed by atoms with Crippen molar-refractivity contribution >= 4 is 46.9 Å². The number of carbonyl (C=O) groups is 2. The minimum absolute atomic E-state index is 0.176. The number of carbonyl (C=O) groups excluding carboxylic acids is 2. The Hall–Kier alpha value is -2.58. The molecule has 2 aromatic carbocycles. The summed E-state index contributed by atoms with van der Waals surface area (Å²) in [5.41, 5.74) is 1.25. The maximum absolute atomic E-state index is 12.6. The maximum atomic E-state index is 12.6. The number of benzene rings is 2. The lowest BCUT2D eigenvalue weighted by Gasteiger charge is -2.09. The molecule has 2 rings (SSSR count). The van der Waals surface area contributed by atoms with Crippen molar-refractivity contribution in [1.29, 1.82) is 0 Å². The van der Waals surface area contributed by atoms with Crippen molar-refractivity contribution in [3.8, 4) is 0 Å². The van der Waals surface area contributed by atoms with E-state index in [0.717, 1.165) is 12.1 Å². The third kappa shape index (κ3) is 5.47. The topological polar surface area (TPSA) is 70.6 Å². The lowest BCUT2D eigenvalue weighted by atomic mass is 10.2. The van der Waals surface area contributed by atoms with Gasteiger partial charge in [-0.3, -0.25) is 9.59 Å². The van der Waals surface area contributed by atoms with E-state index in [1.54, 1.807) is 12.1 Å². The quantitative estimate of drug-likeness (QED) is 0.460. The summed E-state index contributed by atoms with van der Waals surface area (Å²) < 4.78 is 37.9. The Bertz CT molecular complexity index is 870. The number of rotatable bonds is 3. The van der Waals surface area contributed by atoms with Crippen LogP contribution in [-0.2, 0) is 15.8 Å². The van der Waals surface area contributed by atoms with Crippen LogP contribution in [-0.4, -0.2) is 18.0 Å². The molecule has 0 unspecified atom stereocenters. The smallest absolute Gasteiger partial charge is 0.318 e. The second-order valence-electron chi connectivity index (χ2n) is 4.90. The second-order valence-corrected chi connectivity index (χ2v) is 5.74. The Labute approximate surface area is 155 Å². The number of hydrogen-bond acceptors (Lipinski definition) is 3. The van der Waals surface area contributed by atoms with Crippen molar-refractivity contribution < 1.29 is 22.8 Å². The first-order valence-corrected chi connectivity index (χ1v) is 7.69. The van der Waals surface area contributed by atoms with Crippen LogP contribution in [0.2, 0.25) is 10.0 Å². The van der Waals surface area contributed by atoms with Crippen LogP contribution in [0.5, 0.6) is 0 Å². The van der Waals surface area contributed by atoms with Crippen LogP contribution in [0.3, 0.4) is 0 Å². The summed E-state index contributed by atoms with van der Waals surface area (Å²) in [6.45, 7) is 0. The van der Waals surface area contributed by atoms with Crippen molar-refractivity contribution in [3.63, 3.8) is 0 Å². The lowest BCUT2D eigenvalue weighted by molar-refractivity contribution is -0.137. The largest absolute Gasteiger partial charge is 0.416 e. The van der Waals surface area contributed by atoms with Crippen LogP contribution >= 0.6 is 23.2 Å². The zero-order valence-electron chi connectivity index (χ0n) is 12.8. The third-order valence-corrected chi connectivity index (χ3v) is 3.55. The molecule has 0 atom stereocenters. The van der Waals surface area contributed by atoms with Gasteiger partial charge in [0.1, 0.15) is 0 Å². The van der Waals surface area contributed by atoms with Gasteiger partial charge in [-0.25, -0.2) is 5.43 Å². The van der Waals surface area contributed by atoms with Crippen LogP contribution in [0.1, 0.15) is 11.1 Å². The number of nitrogens with zero attached hydrogens (tertiary/aromatic N) is 1. The molecule has 0 aromatic heterocycles. The fourth-order valence-corrected chi connectivity index (χ4v) is 2.24. The molecule has 10 heteroatoms.